The molecule has 0 saturated carbocycles. The van der Waals surface area contributed by atoms with Gasteiger partial charge in [-0.05, 0) is 18.2 Å². The number of hydrogen-bond donors (Lipinski definition) is 2. The van der Waals surface area contributed by atoms with Gasteiger partial charge in [0.15, 0.2) is 0 Å². The quantitative estimate of drug-likeness (QED) is 0.828. The van der Waals surface area contributed by atoms with Crippen molar-refractivity contribution in [3.05, 3.63) is 41.4 Å². The Labute approximate surface area is 116 Å². The predicted octanol–water partition coefficient (Wildman–Crippen LogP) is 1.13. The number of nitrogens with two attached hydrogens (primary N) is 1. The monoisotopic (exact) mass is 300 g/mol. The Bertz CT molecular complexity index is 696. The van der Waals surface area contributed by atoms with E-state index in [0.717, 1.165) is 0 Å². The van der Waals surface area contributed by atoms with Crippen LogP contribution in [-0.4, -0.2) is 18.0 Å². The van der Waals surface area contributed by atoms with Crippen LogP contribution in [0, 0.1) is 0 Å². The van der Waals surface area contributed by atoms with Gasteiger partial charge in [0.2, 0.25) is 10.0 Å². The number of nitrogens with zero attached hydrogens (tertiary/aromatic N) is 2. The summed E-state index contributed by atoms with van der Waals surface area (Å²) >= 11 is 5.74. The van der Waals surface area contributed by atoms with Gasteiger partial charge in [-0.2, -0.15) is 0 Å². The van der Waals surface area contributed by atoms with E-state index in [9.17, 15) is 8.42 Å². The Morgan fingerprint density at radius 2 is 2.21 bits per heavy atom. The number of rotatable bonds is 4. The first-order chi connectivity index (χ1) is 8.90. The van der Waals surface area contributed by atoms with Gasteiger partial charge in [-0.3, -0.25) is 0 Å². The molecule has 0 atom stereocenters. The van der Waals surface area contributed by atoms with Gasteiger partial charge in [-0.25, -0.2) is 18.1 Å². The lowest BCUT2D eigenvalue weighted by atomic mass is 10.3. The summed E-state index contributed by atoms with van der Waals surface area (Å²) in [5.74, 6) is 0.608. The third-order valence-corrected chi connectivity index (χ3v) is 4.31. The highest BCUT2D eigenvalue weighted by molar-refractivity contribution is 7.89. The number of aromatic nitrogens is 2. The summed E-state index contributed by atoms with van der Waals surface area (Å²) in [4.78, 5) is 4.04. The molecule has 6 nitrogen and oxygen atoms in total. The van der Waals surface area contributed by atoms with Crippen LogP contribution in [-0.2, 0) is 23.6 Å². The molecule has 19 heavy (non-hydrogen) atoms. The number of halogens is 1. The van der Waals surface area contributed by atoms with Crippen molar-refractivity contribution in [2.24, 2.45) is 7.05 Å². The Morgan fingerprint density at radius 1 is 1.47 bits per heavy atom. The van der Waals surface area contributed by atoms with Crippen LogP contribution in [0.4, 0.5) is 5.69 Å². The number of anilines is 1. The minimum atomic E-state index is -3.69. The van der Waals surface area contributed by atoms with Crippen molar-refractivity contribution in [1.29, 1.82) is 0 Å². The van der Waals surface area contributed by atoms with Gasteiger partial charge in [0.25, 0.3) is 0 Å². The van der Waals surface area contributed by atoms with Crippen molar-refractivity contribution in [1.82, 2.24) is 14.3 Å². The molecule has 0 aliphatic rings. The van der Waals surface area contributed by atoms with Crippen molar-refractivity contribution >= 4 is 27.3 Å². The minimum absolute atomic E-state index is 0.00566. The van der Waals surface area contributed by atoms with Crippen molar-refractivity contribution in [3.8, 4) is 0 Å². The molecular weight excluding hydrogens is 288 g/mol. The van der Waals surface area contributed by atoms with Crippen molar-refractivity contribution < 1.29 is 8.42 Å². The lowest BCUT2D eigenvalue weighted by Gasteiger charge is -2.09. The fourth-order valence-corrected chi connectivity index (χ4v) is 2.84. The molecule has 2 aromatic rings. The highest BCUT2D eigenvalue weighted by Crippen LogP contribution is 2.22. The highest BCUT2D eigenvalue weighted by atomic mass is 35.5. The van der Waals surface area contributed by atoms with Crippen molar-refractivity contribution in [2.75, 3.05) is 5.73 Å². The summed E-state index contributed by atoms with van der Waals surface area (Å²) in [5, 5.41) is 0.389. The number of nitrogens with one attached hydrogen (secondary N) is 1. The first kappa shape index (κ1) is 13.9. The van der Waals surface area contributed by atoms with Crippen LogP contribution >= 0.6 is 11.6 Å². The highest BCUT2D eigenvalue weighted by Gasteiger charge is 2.17. The molecule has 1 aromatic carbocycles. The Balaban J connectivity index is 2.21. The van der Waals surface area contributed by atoms with Crippen molar-refractivity contribution in [2.45, 2.75) is 11.4 Å². The number of hydrogen-bond acceptors (Lipinski definition) is 4. The Kier molecular flexibility index (Phi) is 3.79. The Morgan fingerprint density at radius 3 is 2.79 bits per heavy atom. The molecular formula is C11H13ClN4O2S. The third kappa shape index (κ3) is 3.06. The normalized spacial score (nSPS) is 11.7. The molecule has 0 bridgehead atoms. The van der Waals surface area contributed by atoms with E-state index in [1.165, 1.54) is 18.2 Å². The average molecular weight is 301 g/mol. The van der Waals surface area contributed by atoms with Crippen LogP contribution in [0.15, 0.2) is 35.5 Å². The van der Waals surface area contributed by atoms with Gasteiger partial charge in [-0.1, -0.05) is 11.6 Å². The number of aryl methyl sites for hydroxylation is 1. The summed E-state index contributed by atoms with van der Waals surface area (Å²) in [7, 11) is -1.90. The van der Waals surface area contributed by atoms with Gasteiger partial charge >= 0.3 is 0 Å². The molecule has 1 heterocycles. The van der Waals surface area contributed by atoms with Gasteiger partial charge in [0, 0.05) is 24.5 Å². The molecule has 0 saturated heterocycles. The fraction of sp³-hybridized carbons (Fsp3) is 0.182. The zero-order chi connectivity index (χ0) is 14.0. The lowest BCUT2D eigenvalue weighted by Crippen LogP contribution is -2.25. The molecule has 0 aliphatic heterocycles. The van der Waals surface area contributed by atoms with Gasteiger partial charge in [0.05, 0.1) is 12.2 Å². The van der Waals surface area contributed by atoms with E-state index in [4.69, 9.17) is 17.3 Å². The topological polar surface area (TPSA) is 90.0 Å². The van der Waals surface area contributed by atoms with Crippen LogP contribution in [0.1, 0.15) is 5.82 Å². The largest absolute Gasteiger partial charge is 0.398 e. The molecule has 0 fully saturated rings. The second-order valence-corrected chi connectivity index (χ2v) is 6.13. The molecule has 3 N–H and O–H groups in total. The van der Waals surface area contributed by atoms with Gasteiger partial charge < -0.3 is 10.3 Å². The van der Waals surface area contributed by atoms with E-state index in [-0.39, 0.29) is 17.1 Å². The van der Waals surface area contributed by atoms with E-state index >= 15 is 0 Å². The maximum atomic E-state index is 12.1. The number of sulfonamides is 1. The van der Waals surface area contributed by atoms with E-state index in [1.807, 2.05) is 0 Å². The molecule has 102 valence electrons. The van der Waals surface area contributed by atoms with E-state index in [1.54, 1.807) is 24.0 Å². The zero-order valence-corrected chi connectivity index (χ0v) is 11.7. The molecule has 8 heteroatoms. The summed E-state index contributed by atoms with van der Waals surface area (Å²) < 4.78 is 28.4. The molecule has 0 aliphatic carbocycles. The predicted molar refractivity (Wildman–Crippen MR) is 73.1 cm³/mol. The zero-order valence-electron chi connectivity index (χ0n) is 10.2. The second kappa shape index (κ2) is 5.20. The molecule has 0 spiro atoms. The minimum Gasteiger partial charge on any atom is -0.398 e. The molecule has 1 aromatic heterocycles. The average Bonchev–Trinajstić information content (AvgIpc) is 2.72. The maximum Gasteiger partial charge on any atom is 0.243 e. The molecule has 0 unspecified atom stereocenters. The molecule has 0 amide bonds. The fourth-order valence-electron chi connectivity index (χ4n) is 1.57. The Hall–Kier alpha value is -1.57. The molecule has 2 rings (SSSR count). The third-order valence-electron chi connectivity index (χ3n) is 2.60. The first-order valence-corrected chi connectivity index (χ1v) is 7.27. The van der Waals surface area contributed by atoms with E-state index in [0.29, 0.717) is 10.8 Å². The first-order valence-electron chi connectivity index (χ1n) is 5.41. The van der Waals surface area contributed by atoms with E-state index < -0.39 is 10.0 Å². The molecule has 0 radical (unpaired) electrons. The summed E-state index contributed by atoms with van der Waals surface area (Å²) in [6.45, 7) is 0.0912. The SMILES string of the molecule is Cn1ccnc1CNS(=O)(=O)c1ccc(Cl)cc1N. The smallest absolute Gasteiger partial charge is 0.243 e. The number of benzene rings is 1. The van der Waals surface area contributed by atoms with Crippen LogP contribution in [0.5, 0.6) is 0 Å². The van der Waals surface area contributed by atoms with Gasteiger partial charge in [-0.15, -0.1) is 0 Å². The maximum absolute atomic E-state index is 12.1. The standard InChI is InChI=1S/C11H13ClN4O2S/c1-16-5-4-14-11(16)7-15-19(17,18)10-3-2-8(12)6-9(10)13/h2-6,15H,7,13H2,1H3. The second-order valence-electron chi connectivity index (χ2n) is 3.96. The van der Waals surface area contributed by atoms with Crippen LogP contribution in [0.3, 0.4) is 0 Å². The lowest BCUT2D eigenvalue weighted by molar-refractivity contribution is 0.578. The summed E-state index contributed by atoms with van der Waals surface area (Å²) in [6, 6.07) is 4.25. The van der Waals surface area contributed by atoms with Crippen LogP contribution in [0.25, 0.3) is 0 Å². The number of nitrogen functional groups attached to an aromatic ring is 1. The van der Waals surface area contributed by atoms with Crippen LogP contribution < -0.4 is 10.5 Å². The van der Waals surface area contributed by atoms with Gasteiger partial charge in [0.1, 0.15) is 10.7 Å². The van der Waals surface area contributed by atoms with E-state index in [2.05, 4.69) is 9.71 Å². The summed E-state index contributed by atoms with van der Waals surface area (Å²) in [5.41, 5.74) is 5.77. The van der Waals surface area contributed by atoms with Crippen LogP contribution in [0.2, 0.25) is 5.02 Å². The number of imidazole rings is 1. The van der Waals surface area contributed by atoms with Crippen molar-refractivity contribution in [3.63, 3.8) is 0 Å². The summed E-state index contributed by atoms with van der Waals surface area (Å²) in [6.07, 6.45) is 3.33.